The summed E-state index contributed by atoms with van der Waals surface area (Å²) in [7, 11) is 0. The lowest BCUT2D eigenvalue weighted by molar-refractivity contribution is -0.208. The van der Waals surface area contributed by atoms with Gasteiger partial charge in [-0.2, -0.15) is 0 Å². The van der Waals surface area contributed by atoms with E-state index in [1.54, 1.807) is 13.8 Å². The van der Waals surface area contributed by atoms with Crippen LogP contribution < -0.4 is 0 Å². The Kier molecular flexibility index (Phi) is 9.13. The molecule has 3 rings (SSSR count). The van der Waals surface area contributed by atoms with Crippen LogP contribution in [0.4, 0.5) is 0 Å². The molecule has 2 fully saturated rings. The third kappa shape index (κ3) is 6.48. The number of carbonyl (C=O) groups is 4. The van der Waals surface area contributed by atoms with Gasteiger partial charge >= 0.3 is 23.9 Å². The molecule has 11 nitrogen and oxygen atoms in total. The smallest absolute Gasteiger partial charge is 0.348 e. The van der Waals surface area contributed by atoms with E-state index in [2.05, 4.69) is 0 Å². The van der Waals surface area contributed by atoms with Crippen LogP contribution >= 0.6 is 0 Å². The molecule has 1 saturated carbocycles. The monoisotopic (exact) mass is 540 g/mol. The van der Waals surface area contributed by atoms with Gasteiger partial charge in [0.05, 0.1) is 12.9 Å². The van der Waals surface area contributed by atoms with Gasteiger partial charge in [-0.1, -0.05) is 41.5 Å². The average molecular weight is 541 g/mol. The minimum absolute atomic E-state index is 0.0440. The molecule has 214 valence electrons. The zero-order valence-corrected chi connectivity index (χ0v) is 23.2. The Morgan fingerprint density at radius 1 is 1.03 bits per heavy atom. The van der Waals surface area contributed by atoms with Crippen molar-refractivity contribution in [2.45, 2.75) is 97.4 Å². The molecule has 38 heavy (non-hydrogen) atoms. The number of ether oxygens (including phenoxy) is 6. The van der Waals surface area contributed by atoms with Gasteiger partial charge < -0.3 is 33.5 Å². The second kappa shape index (κ2) is 11.6. The van der Waals surface area contributed by atoms with Crippen molar-refractivity contribution in [1.82, 2.24) is 0 Å². The first-order chi connectivity index (χ1) is 17.7. The summed E-state index contributed by atoms with van der Waals surface area (Å²) in [5, 5.41) is 11.9. The van der Waals surface area contributed by atoms with Crippen molar-refractivity contribution >= 4 is 23.9 Å². The molecule has 11 heteroatoms. The highest BCUT2D eigenvalue weighted by Crippen LogP contribution is 2.59. The number of hydrogen-bond acceptors (Lipinski definition) is 11. The van der Waals surface area contributed by atoms with Crippen LogP contribution in [0.5, 0.6) is 0 Å². The number of epoxide rings is 1. The molecule has 2 aliphatic heterocycles. The molecule has 0 amide bonds. The van der Waals surface area contributed by atoms with Crippen LogP contribution in [-0.4, -0.2) is 71.9 Å². The fourth-order valence-corrected chi connectivity index (χ4v) is 5.07. The van der Waals surface area contributed by atoms with Crippen LogP contribution in [0.3, 0.4) is 0 Å². The Morgan fingerprint density at radius 2 is 1.63 bits per heavy atom. The van der Waals surface area contributed by atoms with E-state index in [4.69, 9.17) is 28.4 Å². The first kappa shape index (κ1) is 29.9. The van der Waals surface area contributed by atoms with Gasteiger partial charge in [-0.05, 0) is 11.8 Å². The molecule has 2 heterocycles. The summed E-state index contributed by atoms with van der Waals surface area (Å²) in [5.74, 6) is -3.51. The molecular formula is C27H40O11. The summed E-state index contributed by atoms with van der Waals surface area (Å²) < 4.78 is 33.3. The Morgan fingerprint density at radius 3 is 2.16 bits per heavy atom. The van der Waals surface area contributed by atoms with Crippen LogP contribution in [0.25, 0.3) is 0 Å². The standard InChI is InChI=1S/C27H40O11/c1-14(2)8-20(29)37-22(16(5)6)24(31)33-11-18-12-34-25(38-21(30)9-15(3)4)23-26(18,32)10-19(36-17(7)28)27(23)13-35-27/h12,14-16,19,22-23,25,32H,8-11,13H2,1-7H3/t19?,22?,23-,25?,26-,27+/m0/s1. The van der Waals surface area contributed by atoms with Crippen molar-refractivity contribution < 1.29 is 52.7 Å². The van der Waals surface area contributed by atoms with Crippen molar-refractivity contribution in [3.63, 3.8) is 0 Å². The molecule has 6 atom stereocenters. The Bertz CT molecular complexity index is 949. The number of fused-ring (bicyclic) bond motifs is 2. The molecular weight excluding hydrogens is 500 g/mol. The number of carbonyl (C=O) groups excluding carboxylic acids is 4. The highest BCUT2D eigenvalue weighted by Gasteiger charge is 2.76. The number of aliphatic hydroxyl groups is 1. The Labute approximate surface area is 223 Å². The summed E-state index contributed by atoms with van der Waals surface area (Å²) in [5.41, 5.74) is -2.65. The maximum absolute atomic E-state index is 12.9. The SMILES string of the molecule is CC(=O)OC1C[C@]2(O)C(COC(=O)C(OC(=O)CC(C)C)C(C)C)=COC(OC(=O)CC(C)C)[C@@H]2[C@@]12CO2. The predicted octanol–water partition coefficient (Wildman–Crippen LogP) is 2.42. The Balaban J connectivity index is 1.80. The van der Waals surface area contributed by atoms with Crippen molar-refractivity contribution in [2.75, 3.05) is 13.2 Å². The van der Waals surface area contributed by atoms with Crippen molar-refractivity contribution in [2.24, 2.45) is 23.7 Å². The Hall–Kier alpha value is -2.66. The van der Waals surface area contributed by atoms with Crippen LogP contribution in [0, 0.1) is 23.7 Å². The summed E-state index contributed by atoms with van der Waals surface area (Å²) in [4.78, 5) is 49.3. The zero-order chi connectivity index (χ0) is 28.4. The van der Waals surface area contributed by atoms with Crippen molar-refractivity contribution in [3.05, 3.63) is 11.8 Å². The summed E-state index contributed by atoms with van der Waals surface area (Å²) in [6.45, 7) is 12.0. The van der Waals surface area contributed by atoms with Crippen molar-refractivity contribution in [3.8, 4) is 0 Å². The first-order valence-electron chi connectivity index (χ1n) is 13.1. The molecule has 0 bridgehead atoms. The van der Waals surface area contributed by atoms with Gasteiger partial charge in [0.15, 0.2) is 0 Å². The molecule has 3 aliphatic rings. The van der Waals surface area contributed by atoms with Gasteiger partial charge in [-0.15, -0.1) is 0 Å². The van der Waals surface area contributed by atoms with Crippen LogP contribution in [0.1, 0.15) is 67.7 Å². The largest absolute Gasteiger partial charge is 0.462 e. The summed E-state index contributed by atoms with van der Waals surface area (Å²) >= 11 is 0. The predicted molar refractivity (Wildman–Crippen MR) is 131 cm³/mol. The molecule has 1 saturated heterocycles. The van der Waals surface area contributed by atoms with Gasteiger partial charge in [0.25, 0.3) is 6.29 Å². The third-order valence-corrected chi connectivity index (χ3v) is 6.90. The zero-order valence-electron chi connectivity index (χ0n) is 23.2. The fraction of sp³-hybridized carbons (Fsp3) is 0.778. The van der Waals surface area contributed by atoms with Gasteiger partial charge in [-0.25, -0.2) is 4.79 Å². The lowest BCUT2D eigenvalue weighted by Gasteiger charge is -2.40. The molecule has 1 N–H and O–H groups in total. The molecule has 0 aromatic heterocycles. The molecule has 1 aliphatic carbocycles. The van der Waals surface area contributed by atoms with Gasteiger partial charge in [0.1, 0.15) is 29.8 Å². The average Bonchev–Trinajstić information content (AvgIpc) is 3.51. The minimum Gasteiger partial charge on any atom is -0.462 e. The topological polar surface area (TPSA) is 147 Å². The van der Waals surface area contributed by atoms with E-state index in [1.807, 2.05) is 27.7 Å². The normalized spacial score (nSPS) is 30.4. The molecule has 0 radical (unpaired) electrons. The molecule has 3 unspecified atom stereocenters. The first-order valence-corrected chi connectivity index (χ1v) is 13.1. The van der Waals surface area contributed by atoms with E-state index in [0.717, 1.165) is 0 Å². The van der Waals surface area contributed by atoms with E-state index >= 15 is 0 Å². The van der Waals surface area contributed by atoms with E-state index in [0.29, 0.717) is 0 Å². The second-order valence-electron chi connectivity index (χ2n) is 11.5. The minimum atomic E-state index is -1.72. The van der Waals surface area contributed by atoms with E-state index in [-0.39, 0.29) is 55.8 Å². The summed E-state index contributed by atoms with van der Waals surface area (Å²) in [6.07, 6.45) is -1.72. The number of rotatable bonds is 11. The highest BCUT2D eigenvalue weighted by atomic mass is 16.7. The maximum atomic E-state index is 12.9. The maximum Gasteiger partial charge on any atom is 0.348 e. The van der Waals surface area contributed by atoms with E-state index in [9.17, 15) is 24.3 Å². The lowest BCUT2D eigenvalue weighted by atomic mass is 9.79. The van der Waals surface area contributed by atoms with Crippen LogP contribution in [0.15, 0.2) is 11.8 Å². The molecule has 0 aromatic carbocycles. The van der Waals surface area contributed by atoms with Crippen molar-refractivity contribution in [1.29, 1.82) is 0 Å². The van der Waals surface area contributed by atoms with Gasteiger partial charge in [0, 0.05) is 37.7 Å². The van der Waals surface area contributed by atoms with Gasteiger partial charge in [-0.3, -0.25) is 14.4 Å². The van der Waals surface area contributed by atoms with Crippen LogP contribution in [-0.2, 0) is 47.6 Å². The van der Waals surface area contributed by atoms with E-state index in [1.165, 1.54) is 13.2 Å². The second-order valence-corrected chi connectivity index (χ2v) is 11.5. The lowest BCUT2D eigenvalue weighted by Crippen LogP contribution is -2.53. The molecule has 1 spiro atoms. The fourth-order valence-electron chi connectivity index (χ4n) is 5.07. The van der Waals surface area contributed by atoms with Gasteiger partial charge in [0.2, 0.25) is 6.10 Å². The van der Waals surface area contributed by atoms with E-state index < -0.39 is 59.5 Å². The number of esters is 4. The quantitative estimate of drug-likeness (QED) is 0.234. The summed E-state index contributed by atoms with van der Waals surface area (Å²) in [6, 6.07) is 0. The molecule has 0 aromatic rings. The number of hydrogen-bond donors (Lipinski definition) is 1. The third-order valence-electron chi connectivity index (χ3n) is 6.90. The van der Waals surface area contributed by atoms with Crippen LogP contribution in [0.2, 0.25) is 0 Å². The highest BCUT2D eigenvalue weighted by molar-refractivity contribution is 5.80.